The lowest BCUT2D eigenvalue weighted by Gasteiger charge is -2.28. The Bertz CT molecular complexity index is 1500. The van der Waals surface area contributed by atoms with E-state index < -0.39 is 0 Å². The molecule has 0 spiro atoms. The van der Waals surface area contributed by atoms with E-state index in [1.165, 1.54) is 29.7 Å². The van der Waals surface area contributed by atoms with Crippen LogP contribution < -0.4 is 9.64 Å². The Morgan fingerprint density at radius 2 is 1.95 bits per heavy atom. The van der Waals surface area contributed by atoms with E-state index in [-0.39, 0.29) is 12.4 Å². The Balaban J connectivity index is 0.00000280. The van der Waals surface area contributed by atoms with E-state index in [0.717, 1.165) is 66.4 Å². The van der Waals surface area contributed by atoms with Crippen LogP contribution >= 0.6 is 24.0 Å². The van der Waals surface area contributed by atoms with Crippen LogP contribution in [0.3, 0.4) is 0 Å². The molecule has 0 radical (unpaired) electrons. The average molecular weight is 534 g/mol. The average Bonchev–Trinajstić information content (AvgIpc) is 3.48. The minimum Gasteiger partial charge on any atom is -0.497 e. The van der Waals surface area contributed by atoms with Gasteiger partial charge in [-0.25, -0.2) is 4.98 Å². The first-order valence-electron chi connectivity index (χ1n) is 12.5. The van der Waals surface area contributed by atoms with E-state index in [1.807, 2.05) is 37.3 Å². The maximum absolute atomic E-state index is 9.22. The Morgan fingerprint density at radius 3 is 2.62 bits per heavy atom. The second-order valence-electron chi connectivity index (χ2n) is 9.89. The molecule has 8 heteroatoms. The van der Waals surface area contributed by atoms with E-state index in [1.54, 1.807) is 7.11 Å². The molecule has 6 nitrogen and oxygen atoms in total. The molecular formula is C29H29Cl2N5O. The third-order valence-corrected chi connectivity index (χ3v) is 7.63. The van der Waals surface area contributed by atoms with Gasteiger partial charge in [-0.15, -0.1) is 12.4 Å². The van der Waals surface area contributed by atoms with Gasteiger partial charge in [-0.05, 0) is 80.8 Å². The third-order valence-electron chi connectivity index (χ3n) is 7.31. The SMILES string of the molecule is COc1ccc(-c2c(C)nn3c(N(Cc4ccc(C#N)cc4)CC4CC4)c4c(nc23)CCC4)c(Cl)c1.Cl. The molecule has 0 N–H and O–H groups in total. The van der Waals surface area contributed by atoms with E-state index in [4.69, 9.17) is 26.4 Å². The number of ether oxygens (including phenoxy) is 1. The maximum atomic E-state index is 9.22. The number of aryl methyl sites for hydroxylation is 2. The van der Waals surface area contributed by atoms with Crippen LogP contribution in [0.15, 0.2) is 42.5 Å². The molecule has 0 unspecified atom stereocenters. The van der Waals surface area contributed by atoms with Crippen molar-refractivity contribution in [3.63, 3.8) is 0 Å². The fourth-order valence-corrected chi connectivity index (χ4v) is 5.59. The number of nitriles is 1. The van der Waals surface area contributed by atoms with Gasteiger partial charge >= 0.3 is 0 Å². The van der Waals surface area contributed by atoms with Gasteiger partial charge in [-0.1, -0.05) is 23.7 Å². The normalized spacial score (nSPS) is 14.2. The van der Waals surface area contributed by atoms with Gasteiger partial charge in [-0.3, -0.25) is 0 Å². The molecule has 0 amide bonds. The summed E-state index contributed by atoms with van der Waals surface area (Å²) in [4.78, 5) is 7.64. The minimum absolute atomic E-state index is 0. The summed E-state index contributed by atoms with van der Waals surface area (Å²) in [7, 11) is 1.64. The van der Waals surface area contributed by atoms with Crippen LogP contribution in [-0.2, 0) is 19.4 Å². The highest BCUT2D eigenvalue weighted by atomic mass is 35.5. The monoisotopic (exact) mass is 533 g/mol. The van der Waals surface area contributed by atoms with Crippen molar-refractivity contribution in [2.45, 2.75) is 45.6 Å². The zero-order valence-electron chi connectivity index (χ0n) is 21.0. The first kappa shape index (κ1) is 25.4. The lowest BCUT2D eigenvalue weighted by Crippen LogP contribution is -2.29. The van der Waals surface area contributed by atoms with Crippen LogP contribution in [-0.4, -0.2) is 28.3 Å². The predicted octanol–water partition coefficient (Wildman–Crippen LogP) is 6.57. The lowest BCUT2D eigenvalue weighted by molar-refractivity contribution is 0.415. The standard InChI is InChI=1S/C29H28ClN5O.ClH/c1-18-27(23-13-12-22(36-2)14-25(23)30)28-32-26-5-3-4-24(26)29(35(28)33-18)34(17-21-10-11-21)16-20-8-6-19(15-31)7-9-20;/h6-9,12-14,21H,3-5,10-11,16-17H2,1-2H3;1H. The molecule has 0 bridgehead atoms. The van der Waals surface area contributed by atoms with Gasteiger partial charge in [0.05, 0.1) is 35.0 Å². The molecule has 4 aromatic rings. The summed E-state index contributed by atoms with van der Waals surface area (Å²) in [5.41, 5.74) is 8.01. The summed E-state index contributed by atoms with van der Waals surface area (Å²) in [6.07, 6.45) is 5.64. The molecule has 2 aromatic carbocycles. The number of hydrogen-bond donors (Lipinski definition) is 0. The minimum atomic E-state index is 0. The number of halogens is 2. The molecule has 0 atom stereocenters. The van der Waals surface area contributed by atoms with Gasteiger partial charge in [0, 0.05) is 29.9 Å². The summed E-state index contributed by atoms with van der Waals surface area (Å²) in [6.45, 7) is 3.79. The van der Waals surface area contributed by atoms with Gasteiger partial charge in [0.2, 0.25) is 0 Å². The van der Waals surface area contributed by atoms with Crippen LogP contribution in [0.4, 0.5) is 5.82 Å². The summed E-state index contributed by atoms with van der Waals surface area (Å²) in [5.74, 6) is 2.59. The van der Waals surface area contributed by atoms with Crippen molar-refractivity contribution in [1.82, 2.24) is 14.6 Å². The van der Waals surface area contributed by atoms with Crippen molar-refractivity contribution in [2.24, 2.45) is 5.92 Å². The molecule has 1 saturated carbocycles. The second-order valence-corrected chi connectivity index (χ2v) is 10.3. The summed E-state index contributed by atoms with van der Waals surface area (Å²) in [6, 6.07) is 15.9. The van der Waals surface area contributed by atoms with Gasteiger partial charge in [-0.2, -0.15) is 14.9 Å². The highest BCUT2D eigenvalue weighted by Crippen LogP contribution is 2.40. The van der Waals surface area contributed by atoms with Crippen LogP contribution in [0, 0.1) is 24.2 Å². The van der Waals surface area contributed by atoms with Crippen LogP contribution in [0.1, 0.15) is 47.3 Å². The van der Waals surface area contributed by atoms with E-state index in [0.29, 0.717) is 16.5 Å². The molecule has 0 saturated heterocycles. The second kappa shape index (κ2) is 10.2. The molecule has 0 aliphatic heterocycles. The highest BCUT2D eigenvalue weighted by Gasteiger charge is 2.31. The number of hydrogen-bond acceptors (Lipinski definition) is 5. The first-order valence-corrected chi connectivity index (χ1v) is 12.9. The molecule has 2 aliphatic rings. The Hall–Kier alpha value is -3.27. The zero-order chi connectivity index (χ0) is 24.8. The van der Waals surface area contributed by atoms with Gasteiger partial charge in [0.25, 0.3) is 0 Å². The highest BCUT2D eigenvalue weighted by molar-refractivity contribution is 6.33. The largest absolute Gasteiger partial charge is 0.497 e. The quantitative estimate of drug-likeness (QED) is 0.269. The Morgan fingerprint density at radius 1 is 1.16 bits per heavy atom. The number of anilines is 1. The lowest BCUT2D eigenvalue weighted by atomic mass is 10.1. The number of nitrogens with zero attached hydrogens (tertiary/aromatic N) is 5. The number of methoxy groups -OCH3 is 1. The Labute approximate surface area is 228 Å². The number of aromatic nitrogens is 3. The number of benzene rings is 2. The molecule has 6 rings (SSSR count). The van der Waals surface area contributed by atoms with Crippen LogP contribution in [0.25, 0.3) is 16.8 Å². The van der Waals surface area contributed by atoms with Crippen LogP contribution in [0.2, 0.25) is 5.02 Å². The van der Waals surface area contributed by atoms with Crippen LogP contribution in [0.5, 0.6) is 5.75 Å². The zero-order valence-corrected chi connectivity index (χ0v) is 22.6. The molecule has 2 heterocycles. The van der Waals surface area contributed by atoms with Crippen molar-refractivity contribution in [3.05, 3.63) is 75.6 Å². The fourth-order valence-electron chi connectivity index (χ4n) is 5.32. The molecule has 190 valence electrons. The van der Waals surface area contributed by atoms with Crippen molar-refractivity contribution in [2.75, 3.05) is 18.6 Å². The number of fused-ring (bicyclic) bond motifs is 2. The van der Waals surface area contributed by atoms with Crippen molar-refractivity contribution in [3.8, 4) is 22.9 Å². The summed E-state index contributed by atoms with van der Waals surface area (Å²) >= 11 is 6.72. The molecule has 2 aromatic heterocycles. The summed E-state index contributed by atoms with van der Waals surface area (Å²) < 4.78 is 7.42. The van der Waals surface area contributed by atoms with Crippen molar-refractivity contribution >= 4 is 35.5 Å². The van der Waals surface area contributed by atoms with E-state index >= 15 is 0 Å². The van der Waals surface area contributed by atoms with Gasteiger partial charge < -0.3 is 9.64 Å². The fraction of sp³-hybridized carbons (Fsp3) is 0.345. The molecule has 1 fully saturated rings. The summed E-state index contributed by atoms with van der Waals surface area (Å²) in [5, 5.41) is 14.9. The predicted molar refractivity (Wildman–Crippen MR) is 149 cm³/mol. The maximum Gasteiger partial charge on any atom is 0.165 e. The van der Waals surface area contributed by atoms with Crippen molar-refractivity contribution < 1.29 is 4.74 Å². The molecular weight excluding hydrogens is 505 g/mol. The smallest absolute Gasteiger partial charge is 0.165 e. The third kappa shape index (κ3) is 4.74. The first-order chi connectivity index (χ1) is 17.6. The van der Waals surface area contributed by atoms with E-state index in [9.17, 15) is 5.26 Å². The molecule has 37 heavy (non-hydrogen) atoms. The van der Waals surface area contributed by atoms with Gasteiger partial charge in [0.1, 0.15) is 11.6 Å². The number of rotatable bonds is 7. The van der Waals surface area contributed by atoms with Crippen molar-refractivity contribution in [1.29, 1.82) is 5.26 Å². The Kier molecular flexibility index (Phi) is 7.02. The molecule has 2 aliphatic carbocycles. The topological polar surface area (TPSA) is 66.5 Å². The van der Waals surface area contributed by atoms with E-state index in [2.05, 4.69) is 27.6 Å². The van der Waals surface area contributed by atoms with Gasteiger partial charge in [0.15, 0.2) is 5.65 Å².